The molecule has 1 saturated heterocycles. The summed E-state index contributed by atoms with van der Waals surface area (Å²) in [5, 5.41) is 12.4. The van der Waals surface area contributed by atoms with E-state index in [1.54, 1.807) is 0 Å². The van der Waals surface area contributed by atoms with E-state index in [0.29, 0.717) is 24.9 Å². The highest BCUT2D eigenvalue weighted by atomic mass is 16.4. The van der Waals surface area contributed by atoms with Crippen molar-refractivity contribution in [2.45, 2.75) is 52.0 Å². The highest BCUT2D eigenvalue weighted by Crippen LogP contribution is 2.49. The second kappa shape index (κ2) is 6.80. The molecule has 0 aromatic heterocycles. The van der Waals surface area contributed by atoms with Crippen molar-refractivity contribution >= 4 is 11.9 Å². The molecule has 5 heteroatoms. The summed E-state index contributed by atoms with van der Waals surface area (Å²) in [7, 11) is 0. The predicted molar refractivity (Wildman–Crippen MR) is 87.9 cm³/mol. The molecule has 6 atom stereocenters. The highest BCUT2D eigenvalue weighted by Gasteiger charge is 2.42. The van der Waals surface area contributed by atoms with Gasteiger partial charge in [0.05, 0.1) is 12.5 Å². The van der Waals surface area contributed by atoms with Crippen LogP contribution in [0.5, 0.6) is 0 Å². The van der Waals surface area contributed by atoms with Gasteiger partial charge < -0.3 is 10.4 Å². The van der Waals surface area contributed by atoms with Gasteiger partial charge in [-0.15, -0.1) is 0 Å². The maximum absolute atomic E-state index is 12.4. The SMILES string of the molecule is CC1CC(C(=O)O)CN(CC(=O)NC(C)C2CC3CCC2C3)C1. The van der Waals surface area contributed by atoms with E-state index in [2.05, 4.69) is 19.2 Å². The summed E-state index contributed by atoms with van der Waals surface area (Å²) in [4.78, 5) is 25.6. The van der Waals surface area contributed by atoms with Crippen molar-refractivity contribution in [3.05, 3.63) is 0 Å². The molecular formula is C18H30N2O3. The largest absolute Gasteiger partial charge is 0.481 e. The fraction of sp³-hybridized carbons (Fsp3) is 0.889. The zero-order valence-electron chi connectivity index (χ0n) is 14.3. The lowest BCUT2D eigenvalue weighted by molar-refractivity contribution is -0.145. The van der Waals surface area contributed by atoms with E-state index in [-0.39, 0.29) is 17.9 Å². The molecule has 1 heterocycles. The van der Waals surface area contributed by atoms with Crippen LogP contribution in [0, 0.1) is 29.6 Å². The number of hydrogen-bond donors (Lipinski definition) is 2. The molecule has 5 nitrogen and oxygen atoms in total. The Morgan fingerprint density at radius 1 is 1.22 bits per heavy atom. The number of carboxylic acids is 1. The minimum Gasteiger partial charge on any atom is -0.481 e. The van der Waals surface area contributed by atoms with E-state index in [4.69, 9.17) is 0 Å². The maximum atomic E-state index is 12.4. The number of carboxylic acid groups (broad SMARTS) is 1. The molecular weight excluding hydrogens is 292 g/mol. The lowest BCUT2D eigenvalue weighted by Gasteiger charge is -2.35. The topological polar surface area (TPSA) is 69.6 Å². The van der Waals surface area contributed by atoms with Gasteiger partial charge in [-0.1, -0.05) is 13.3 Å². The summed E-state index contributed by atoms with van der Waals surface area (Å²) in [5.74, 6) is 1.65. The van der Waals surface area contributed by atoms with Gasteiger partial charge in [-0.25, -0.2) is 0 Å². The molecule has 1 aliphatic heterocycles. The number of nitrogens with zero attached hydrogens (tertiary/aromatic N) is 1. The second-order valence-electron chi connectivity index (χ2n) is 8.27. The smallest absolute Gasteiger partial charge is 0.307 e. The van der Waals surface area contributed by atoms with E-state index < -0.39 is 5.97 Å². The molecule has 130 valence electrons. The Bertz CT molecular complexity index is 467. The summed E-state index contributed by atoms with van der Waals surface area (Å²) in [6.45, 7) is 5.86. The Labute approximate surface area is 138 Å². The normalized spacial score (nSPS) is 38.4. The number of likely N-dealkylation sites (tertiary alicyclic amines) is 1. The van der Waals surface area contributed by atoms with Crippen molar-refractivity contribution in [3.8, 4) is 0 Å². The van der Waals surface area contributed by atoms with E-state index in [0.717, 1.165) is 24.8 Å². The van der Waals surface area contributed by atoms with Gasteiger partial charge in [-0.3, -0.25) is 14.5 Å². The van der Waals surface area contributed by atoms with Gasteiger partial charge in [0, 0.05) is 19.1 Å². The highest BCUT2D eigenvalue weighted by molar-refractivity contribution is 5.78. The van der Waals surface area contributed by atoms with Crippen LogP contribution in [0.2, 0.25) is 0 Å². The fourth-order valence-corrected chi connectivity index (χ4v) is 5.29. The second-order valence-corrected chi connectivity index (χ2v) is 8.27. The quantitative estimate of drug-likeness (QED) is 0.812. The Morgan fingerprint density at radius 3 is 2.61 bits per heavy atom. The zero-order valence-corrected chi connectivity index (χ0v) is 14.3. The first-order chi connectivity index (χ1) is 10.9. The zero-order chi connectivity index (χ0) is 16.6. The maximum Gasteiger partial charge on any atom is 0.307 e. The first-order valence-electron chi connectivity index (χ1n) is 9.17. The van der Waals surface area contributed by atoms with Crippen molar-refractivity contribution in [2.24, 2.45) is 29.6 Å². The lowest BCUT2D eigenvalue weighted by atomic mass is 9.84. The van der Waals surface area contributed by atoms with Gasteiger partial charge in [0.15, 0.2) is 0 Å². The molecule has 2 bridgehead atoms. The number of amides is 1. The molecule has 0 radical (unpaired) electrons. The summed E-state index contributed by atoms with van der Waals surface area (Å²) in [6.07, 6.45) is 6.06. The molecule has 0 aromatic carbocycles. The standard InChI is InChI=1S/C18H30N2O3/c1-11-5-15(18(22)23)9-20(8-11)10-17(21)19-12(2)16-7-13-3-4-14(16)6-13/h11-16H,3-10H2,1-2H3,(H,19,21)(H,22,23). The number of hydrogen-bond acceptors (Lipinski definition) is 3. The van der Waals surface area contributed by atoms with Crippen LogP contribution in [0.25, 0.3) is 0 Å². The van der Waals surface area contributed by atoms with Gasteiger partial charge in [0.2, 0.25) is 5.91 Å². The average molecular weight is 322 g/mol. The Balaban J connectivity index is 1.48. The monoisotopic (exact) mass is 322 g/mol. The summed E-state index contributed by atoms with van der Waals surface area (Å²) in [5.41, 5.74) is 0. The number of carbonyl (C=O) groups is 2. The van der Waals surface area contributed by atoms with Crippen molar-refractivity contribution in [1.82, 2.24) is 10.2 Å². The fourth-order valence-electron chi connectivity index (χ4n) is 5.29. The molecule has 2 aliphatic carbocycles. The van der Waals surface area contributed by atoms with Crippen LogP contribution in [0.1, 0.15) is 46.0 Å². The van der Waals surface area contributed by atoms with E-state index in [1.807, 2.05) is 4.90 Å². The third kappa shape index (κ3) is 3.87. The number of aliphatic carboxylic acids is 1. The number of carbonyl (C=O) groups excluding carboxylic acids is 1. The summed E-state index contributed by atoms with van der Waals surface area (Å²) >= 11 is 0. The molecule has 3 aliphatic rings. The molecule has 3 rings (SSSR count). The van der Waals surface area contributed by atoms with Crippen LogP contribution in [0.3, 0.4) is 0 Å². The molecule has 2 N–H and O–H groups in total. The van der Waals surface area contributed by atoms with Crippen LogP contribution in [-0.2, 0) is 9.59 Å². The summed E-state index contributed by atoms with van der Waals surface area (Å²) < 4.78 is 0. The molecule has 0 spiro atoms. The van der Waals surface area contributed by atoms with Gasteiger partial charge >= 0.3 is 5.97 Å². The third-order valence-corrected chi connectivity index (χ3v) is 6.28. The van der Waals surface area contributed by atoms with Crippen LogP contribution < -0.4 is 5.32 Å². The summed E-state index contributed by atoms with van der Waals surface area (Å²) in [6, 6.07) is 0.246. The van der Waals surface area contributed by atoms with Crippen LogP contribution in [0.4, 0.5) is 0 Å². The van der Waals surface area contributed by atoms with Crippen LogP contribution >= 0.6 is 0 Å². The first kappa shape index (κ1) is 16.7. The molecule has 2 saturated carbocycles. The minimum atomic E-state index is -0.739. The number of nitrogens with one attached hydrogen (secondary N) is 1. The van der Waals surface area contributed by atoms with E-state index in [9.17, 15) is 14.7 Å². The van der Waals surface area contributed by atoms with Crippen molar-refractivity contribution in [3.63, 3.8) is 0 Å². The van der Waals surface area contributed by atoms with Crippen molar-refractivity contribution < 1.29 is 14.7 Å². The lowest BCUT2D eigenvalue weighted by Crippen LogP contribution is -2.49. The molecule has 23 heavy (non-hydrogen) atoms. The van der Waals surface area contributed by atoms with Gasteiger partial charge in [-0.05, 0) is 56.3 Å². The molecule has 3 fully saturated rings. The van der Waals surface area contributed by atoms with E-state index in [1.165, 1.54) is 25.7 Å². The van der Waals surface area contributed by atoms with Gasteiger partial charge in [-0.2, -0.15) is 0 Å². The van der Waals surface area contributed by atoms with Gasteiger partial charge in [0.25, 0.3) is 0 Å². The Morgan fingerprint density at radius 2 is 2.00 bits per heavy atom. The molecule has 6 unspecified atom stereocenters. The molecule has 0 aromatic rings. The van der Waals surface area contributed by atoms with Gasteiger partial charge in [0.1, 0.15) is 0 Å². The first-order valence-corrected chi connectivity index (χ1v) is 9.17. The van der Waals surface area contributed by atoms with Crippen molar-refractivity contribution in [1.29, 1.82) is 0 Å². The Hall–Kier alpha value is -1.10. The number of rotatable bonds is 5. The third-order valence-electron chi connectivity index (χ3n) is 6.28. The minimum absolute atomic E-state index is 0.0542. The van der Waals surface area contributed by atoms with E-state index >= 15 is 0 Å². The Kier molecular flexibility index (Phi) is 4.95. The van der Waals surface area contributed by atoms with Crippen molar-refractivity contribution in [2.75, 3.05) is 19.6 Å². The van der Waals surface area contributed by atoms with Crippen LogP contribution in [0.15, 0.2) is 0 Å². The number of piperidine rings is 1. The number of fused-ring (bicyclic) bond motifs is 2. The average Bonchev–Trinajstić information content (AvgIpc) is 3.08. The molecule has 1 amide bonds. The predicted octanol–water partition coefficient (Wildman–Crippen LogP) is 1.97. The van der Waals surface area contributed by atoms with Crippen LogP contribution in [-0.4, -0.2) is 47.6 Å².